The molecule has 0 spiro atoms. The minimum absolute atomic E-state index is 0.0232. The Morgan fingerprint density at radius 2 is 1.87 bits per heavy atom. The molecule has 0 aromatic heterocycles. The van der Waals surface area contributed by atoms with Gasteiger partial charge in [0, 0.05) is 12.0 Å². The van der Waals surface area contributed by atoms with Crippen LogP contribution in [-0.2, 0) is 4.79 Å². The second-order valence-corrected chi connectivity index (χ2v) is 5.20. The predicted octanol–water partition coefficient (Wildman–Crippen LogP) is 0.147. The molecule has 2 fully saturated rings. The Kier molecular flexibility index (Phi) is 2.73. The van der Waals surface area contributed by atoms with Gasteiger partial charge in [-0.05, 0) is 25.7 Å². The zero-order chi connectivity index (χ0) is 10.9. The van der Waals surface area contributed by atoms with E-state index in [1.54, 1.807) is 0 Å². The van der Waals surface area contributed by atoms with Crippen LogP contribution in [0.1, 0.15) is 38.5 Å². The third-order valence-corrected chi connectivity index (χ3v) is 3.86. The number of hydrogen-bond acceptors (Lipinski definition) is 3. The lowest BCUT2D eigenvalue weighted by molar-refractivity contribution is -0.126. The van der Waals surface area contributed by atoms with Gasteiger partial charge >= 0.3 is 0 Å². The third-order valence-electron chi connectivity index (χ3n) is 3.86. The first kappa shape index (κ1) is 10.9. The number of nitrogens with one attached hydrogen (secondary N) is 1. The van der Waals surface area contributed by atoms with Crippen LogP contribution in [0.15, 0.2) is 0 Å². The molecule has 0 aromatic carbocycles. The van der Waals surface area contributed by atoms with E-state index < -0.39 is 5.54 Å². The van der Waals surface area contributed by atoms with Gasteiger partial charge < -0.3 is 16.2 Å². The van der Waals surface area contributed by atoms with Crippen molar-refractivity contribution in [1.29, 1.82) is 0 Å². The molecule has 0 radical (unpaired) electrons. The number of rotatable bonds is 4. The molecule has 4 N–H and O–H groups in total. The third kappa shape index (κ3) is 2.16. The van der Waals surface area contributed by atoms with Gasteiger partial charge in [0.05, 0.1) is 12.1 Å². The molecule has 2 saturated carbocycles. The molecule has 2 aliphatic rings. The average Bonchev–Trinajstić information content (AvgIpc) is 2.90. The zero-order valence-corrected chi connectivity index (χ0v) is 9.09. The van der Waals surface area contributed by atoms with Gasteiger partial charge in [-0.2, -0.15) is 0 Å². The minimum atomic E-state index is -0.633. The number of hydrogen-bond donors (Lipinski definition) is 3. The Morgan fingerprint density at radius 1 is 1.27 bits per heavy atom. The van der Waals surface area contributed by atoms with E-state index in [1.165, 1.54) is 0 Å². The number of aliphatic hydroxyl groups excluding tert-OH is 1. The minimum Gasteiger partial charge on any atom is -0.396 e. The smallest absolute Gasteiger partial charge is 0.240 e. The monoisotopic (exact) mass is 212 g/mol. The standard InChI is InChI=1S/C11H20N2O2/c12-11(3-1-2-4-11)9(15)13-7-10(8-14)5-6-10/h14H,1-8,12H2,(H,13,15). The van der Waals surface area contributed by atoms with Gasteiger partial charge in [-0.1, -0.05) is 12.8 Å². The highest BCUT2D eigenvalue weighted by atomic mass is 16.3. The Labute approximate surface area is 90.2 Å². The largest absolute Gasteiger partial charge is 0.396 e. The number of carbonyl (C=O) groups excluding carboxylic acids is 1. The van der Waals surface area contributed by atoms with Gasteiger partial charge in [-0.15, -0.1) is 0 Å². The van der Waals surface area contributed by atoms with E-state index in [1.807, 2.05) is 0 Å². The first-order valence-electron chi connectivity index (χ1n) is 5.78. The highest BCUT2D eigenvalue weighted by Gasteiger charge is 2.44. The molecule has 0 bridgehead atoms. The maximum absolute atomic E-state index is 11.8. The summed E-state index contributed by atoms with van der Waals surface area (Å²) in [6, 6.07) is 0. The maximum atomic E-state index is 11.8. The summed E-state index contributed by atoms with van der Waals surface area (Å²) in [7, 11) is 0. The molecule has 15 heavy (non-hydrogen) atoms. The Bertz CT molecular complexity index is 255. The van der Waals surface area contributed by atoms with Gasteiger partial charge in [0.15, 0.2) is 0 Å². The van der Waals surface area contributed by atoms with Gasteiger partial charge in [0.1, 0.15) is 0 Å². The van der Waals surface area contributed by atoms with Crippen LogP contribution in [0, 0.1) is 5.41 Å². The second-order valence-electron chi connectivity index (χ2n) is 5.20. The summed E-state index contributed by atoms with van der Waals surface area (Å²) >= 11 is 0. The van der Waals surface area contributed by atoms with E-state index in [9.17, 15) is 4.79 Å². The van der Waals surface area contributed by atoms with E-state index in [2.05, 4.69) is 5.32 Å². The molecule has 2 aliphatic carbocycles. The van der Waals surface area contributed by atoms with Crippen LogP contribution in [0.3, 0.4) is 0 Å². The van der Waals surface area contributed by atoms with E-state index in [0.717, 1.165) is 38.5 Å². The van der Waals surface area contributed by atoms with E-state index in [4.69, 9.17) is 10.8 Å². The SMILES string of the molecule is NC1(C(=O)NCC2(CO)CC2)CCCC1. The predicted molar refractivity (Wildman–Crippen MR) is 57.1 cm³/mol. The molecule has 0 saturated heterocycles. The van der Waals surface area contributed by atoms with Crippen molar-refractivity contribution in [3.63, 3.8) is 0 Å². The molecule has 4 nitrogen and oxygen atoms in total. The van der Waals surface area contributed by atoms with Crippen molar-refractivity contribution in [3.05, 3.63) is 0 Å². The fourth-order valence-corrected chi connectivity index (χ4v) is 2.24. The van der Waals surface area contributed by atoms with Crippen molar-refractivity contribution < 1.29 is 9.90 Å². The van der Waals surface area contributed by atoms with Crippen molar-refractivity contribution >= 4 is 5.91 Å². The van der Waals surface area contributed by atoms with E-state index in [0.29, 0.717) is 6.54 Å². The molecule has 0 unspecified atom stereocenters. The summed E-state index contributed by atoms with van der Waals surface area (Å²) in [6.07, 6.45) is 5.72. The highest BCUT2D eigenvalue weighted by Crippen LogP contribution is 2.44. The number of aliphatic hydroxyl groups is 1. The summed E-state index contributed by atoms with van der Waals surface area (Å²) in [5, 5.41) is 12.0. The lowest BCUT2D eigenvalue weighted by Gasteiger charge is -2.23. The summed E-state index contributed by atoms with van der Waals surface area (Å²) in [5.74, 6) is -0.0280. The van der Waals surface area contributed by atoms with Crippen molar-refractivity contribution in [1.82, 2.24) is 5.32 Å². The fourth-order valence-electron chi connectivity index (χ4n) is 2.24. The van der Waals surface area contributed by atoms with Crippen molar-refractivity contribution in [2.75, 3.05) is 13.2 Å². The van der Waals surface area contributed by atoms with Gasteiger partial charge in [0.2, 0.25) is 5.91 Å². The van der Waals surface area contributed by atoms with Crippen LogP contribution in [0.5, 0.6) is 0 Å². The molecular formula is C11H20N2O2. The van der Waals surface area contributed by atoms with Crippen LogP contribution in [-0.4, -0.2) is 29.7 Å². The van der Waals surface area contributed by atoms with Gasteiger partial charge in [0.25, 0.3) is 0 Å². The van der Waals surface area contributed by atoms with Gasteiger partial charge in [-0.3, -0.25) is 4.79 Å². The molecule has 0 aromatic rings. The molecule has 86 valence electrons. The van der Waals surface area contributed by atoms with E-state index >= 15 is 0 Å². The lowest BCUT2D eigenvalue weighted by Crippen LogP contribution is -2.53. The summed E-state index contributed by atoms with van der Waals surface area (Å²) in [4.78, 5) is 11.8. The second kappa shape index (κ2) is 3.76. The number of amides is 1. The highest BCUT2D eigenvalue weighted by molar-refractivity contribution is 5.86. The number of nitrogens with two attached hydrogens (primary N) is 1. The van der Waals surface area contributed by atoms with Gasteiger partial charge in [-0.25, -0.2) is 0 Å². The Balaban J connectivity index is 1.82. The molecule has 0 aliphatic heterocycles. The van der Waals surface area contributed by atoms with E-state index in [-0.39, 0.29) is 17.9 Å². The normalized spacial score (nSPS) is 26.3. The molecule has 2 rings (SSSR count). The van der Waals surface area contributed by atoms with Crippen LogP contribution in [0.25, 0.3) is 0 Å². The van der Waals surface area contributed by atoms with Crippen LogP contribution in [0.4, 0.5) is 0 Å². The topological polar surface area (TPSA) is 75.4 Å². The summed E-state index contributed by atoms with van der Waals surface area (Å²) in [5.41, 5.74) is 5.36. The zero-order valence-electron chi connectivity index (χ0n) is 9.09. The first-order chi connectivity index (χ1) is 7.10. The fraction of sp³-hybridized carbons (Fsp3) is 0.909. The van der Waals surface area contributed by atoms with Crippen LogP contribution >= 0.6 is 0 Å². The number of carbonyl (C=O) groups is 1. The summed E-state index contributed by atoms with van der Waals surface area (Å²) in [6.45, 7) is 0.756. The van der Waals surface area contributed by atoms with Crippen molar-refractivity contribution in [3.8, 4) is 0 Å². The first-order valence-corrected chi connectivity index (χ1v) is 5.78. The van der Waals surface area contributed by atoms with Crippen LogP contribution < -0.4 is 11.1 Å². The van der Waals surface area contributed by atoms with Crippen molar-refractivity contribution in [2.45, 2.75) is 44.1 Å². The molecule has 0 heterocycles. The molecular weight excluding hydrogens is 192 g/mol. The molecule has 0 atom stereocenters. The van der Waals surface area contributed by atoms with Crippen LogP contribution in [0.2, 0.25) is 0 Å². The molecule has 4 heteroatoms. The lowest BCUT2D eigenvalue weighted by atomic mass is 9.97. The Morgan fingerprint density at radius 3 is 2.33 bits per heavy atom. The Hall–Kier alpha value is -0.610. The van der Waals surface area contributed by atoms with Crippen molar-refractivity contribution in [2.24, 2.45) is 11.1 Å². The quantitative estimate of drug-likeness (QED) is 0.621. The summed E-state index contributed by atoms with van der Waals surface area (Å²) < 4.78 is 0. The maximum Gasteiger partial charge on any atom is 0.240 e. The molecule has 1 amide bonds. The average molecular weight is 212 g/mol.